The maximum atomic E-state index is 9.28. The molecule has 2 aromatic carbocycles. The van der Waals surface area contributed by atoms with E-state index < -0.39 is 0 Å². The third kappa shape index (κ3) is 13.4. The van der Waals surface area contributed by atoms with Gasteiger partial charge in [0.1, 0.15) is 17.9 Å². The average molecular weight is 673 g/mol. The number of rotatable bonds is 20. The van der Waals surface area contributed by atoms with Gasteiger partial charge in [-0.05, 0) is 78.6 Å². The minimum Gasteiger partial charge on any atom is -0.395 e. The number of anilines is 2. The molecule has 0 aliphatic heterocycles. The van der Waals surface area contributed by atoms with Crippen LogP contribution in [0, 0.1) is 0 Å². The Morgan fingerprint density at radius 3 is 1.57 bits per heavy atom. The van der Waals surface area contributed by atoms with E-state index in [4.69, 9.17) is 0 Å². The molecule has 4 N–H and O–H groups in total. The zero-order valence-corrected chi connectivity index (χ0v) is 28.8. The van der Waals surface area contributed by atoms with E-state index in [9.17, 15) is 20.4 Å². The second-order valence-corrected chi connectivity index (χ2v) is 10.9. The van der Waals surface area contributed by atoms with E-state index in [-0.39, 0.29) is 26.4 Å². The van der Waals surface area contributed by atoms with Crippen LogP contribution in [0.15, 0.2) is 118 Å². The predicted molar refractivity (Wildman–Crippen MR) is 192 cm³/mol. The van der Waals surface area contributed by atoms with Crippen LogP contribution in [0.3, 0.4) is 0 Å². The number of unbranched alkanes of at least 4 members (excludes halogenated alkanes) is 2. The van der Waals surface area contributed by atoms with Gasteiger partial charge >= 0.3 is 5.82 Å². The van der Waals surface area contributed by atoms with Crippen LogP contribution in [0.5, 0.6) is 0 Å². The standard InChI is InChI=1S/C35H46N8O4.C2H6/c44-25-21-41(22-26-45)33-13-9-30(10-14-33)36-38-32-7-6-18-40(29-32)17-3-1-4-19-43-20-5-2-8-35(43)39-37-31-11-15-34(16-12-31)42(23-27-46)24-28-47;1-2/h2,5-16,18,20,29,44-47H,1,3-4,17,19,21-28H2;1-2H3/q+2;. The minimum atomic E-state index is 0.0203. The zero-order valence-electron chi connectivity index (χ0n) is 28.8. The molecule has 0 saturated heterocycles. The van der Waals surface area contributed by atoms with Crippen LogP contribution in [0.4, 0.5) is 34.3 Å². The number of aryl methyl sites for hydroxylation is 2. The monoisotopic (exact) mass is 672 g/mol. The van der Waals surface area contributed by atoms with Crippen LogP contribution in [0.1, 0.15) is 33.1 Å². The molecule has 4 rings (SSSR count). The van der Waals surface area contributed by atoms with Crippen molar-refractivity contribution in [2.75, 3.05) is 62.4 Å². The Hall–Kier alpha value is -4.62. The van der Waals surface area contributed by atoms with Gasteiger partial charge in [0, 0.05) is 56.1 Å². The molecule has 0 fully saturated rings. The summed E-state index contributed by atoms with van der Waals surface area (Å²) in [5.41, 5.74) is 4.07. The summed E-state index contributed by atoms with van der Waals surface area (Å²) >= 11 is 0. The van der Waals surface area contributed by atoms with Gasteiger partial charge in [0.25, 0.3) is 0 Å². The van der Waals surface area contributed by atoms with E-state index in [0.29, 0.717) is 26.2 Å². The Kier molecular flexibility index (Phi) is 18.1. The molecule has 262 valence electrons. The summed E-state index contributed by atoms with van der Waals surface area (Å²) in [6.45, 7) is 7.63. The van der Waals surface area contributed by atoms with Crippen molar-refractivity contribution in [3.05, 3.63) is 97.5 Å². The van der Waals surface area contributed by atoms with Crippen LogP contribution in [0.2, 0.25) is 0 Å². The number of pyridine rings is 2. The van der Waals surface area contributed by atoms with Crippen molar-refractivity contribution < 1.29 is 29.6 Å². The molecule has 12 heteroatoms. The number of aromatic nitrogens is 2. The molecule has 0 aliphatic rings. The van der Waals surface area contributed by atoms with E-state index in [2.05, 4.69) is 29.6 Å². The molecule has 0 atom stereocenters. The van der Waals surface area contributed by atoms with E-state index in [1.807, 2.05) is 121 Å². The lowest BCUT2D eigenvalue weighted by molar-refractivity contribution is -0.697. The highest BCUT2D eigenvalue weighted by atomic mass is 16.3. The number of hydrogen-bond donors (Lipinski definition) is 4. The minimum absolute atomic E-state index is 0.0203. The summed E-state index contributed by atoms with van der Waals surface area (Å²) in [6, 6.07) is 25.0. The van der Waals surface area contributed by atoms with E-state index >= 15 is 0 Å². The Morgan fingerprint density at radius 2 is 1.02 bits per heavy atom. The van der Waals surface area contributed by atoms with Crippen LogP contribution in [-0.2, 0) is 13.1 Å². The molecule has 4 aromatic rings. The van der Waals surface area contributed by atoms with E-state index in [1.54, 1.807) is 0 Å². The van der Waals surface area contributed by atoms with Gasteiger partial charge in [0.15, 0.2) is 12.4 Å². The van der Waals surface area contributed by atoms with Crippen LogP contribution in [0.25, 0.3) is 0 Å². The fourth-order valence-corrected chi connectivity index (χ4v) is 5.11. The average Bonchev–Trinajstić information content (AvgIpc) is 3.15. The summed E-state index contributed by atoms with van der Waals surface area (Å²) in [4.78, 5) is 3.84. The lowest BCUT2D eigenvalue weighted by Gasteiger charge is -2.22. The highest BCUT2D eigenvalue weighted by Crippen LogP contribution is 2.23. The molecule has 2 heterocycles. The van der Waals surface area contributed by atoms with Gasteiger partial charge in [0.05, 0.1) is 50.0 Å². The first-order valence-corrected chi connectivity index (χ1v) is 17.1. The van der Waals surface area contributed by atoms with Crippen molar-refractivity contribution in [1.82, 2.24) is 0 Å². The number of aliphatic hydroxyl groups excluding tert-OH is 4. The maximum Gasteiger partial charge on any atom is 0.350 e. The van der Waals surface area contributed by atoms with Crippen LogP contribution >= 0.6 is 0 Å². The van der Waals surface area contributed by atoms with Crippen molar-refractivity contribution in [2.45, 2.75) is 46.2 Å². The quantitative estimate of drug-likeness (QED) is 0.0549. The second-order valence-electron chi connectivity index (χ2n) is 10.9. The molecule has 2 aromatic heterocycles. The van der Waals surface area contributed by atoms with Gasteiger partial charge in [-0.1, -0.05) is 19.9 Å². The fraction of sp³-hybridized carbons (Fsp3) is 0.405. The Bertz CT molecular complexity index is 1520. The van der Waals surface area contributed by atoms with Gasteiger partial charge < -0.3 is 30.2 Å². The SMILES string of the molecule is CC.OCCN(CCO)c1ccc(N=Nc2ccc[n+](CCCCC[n+]3ccccc3N=Nc3ccc(N(CCO)CCO)cc3)c2)cc1. The molecule has 0 aliphatic carbocycles. The fourth-order valence-electron chi connectivity index (χ4n) is 5.11. The molecule has 49 heavy (non-hydrogen) atoms. The molecule has 0 spiro atoms. The smallest absolute Gasteiger partial charge is 0.350 e. The lowest BCUT2D eigenvalue weighted by atomic mass is 10.2. The molecule has 0 unspecified atom stereocenters. The highest BCUT2D eigenvalue weighted by Gasteiger charge is 2.11. The predicted octanol–water partition coefficient (Wildman–Crippen LogP) is 5.57. The Balaban J connectivity index is 0.00000319. The van der Waals surface area contributed by atoms with E-state index in [1.165, 1.54) is 0 Å². The summed E-state index contributed by atoms with van der Waals surface area (Å²) in [6.07, 6.45) is 9.13. The highest BCUT2D eigenvalue weighted by molar-refractivity contribution is 5.53. The van der Waals surface area contributed by atoms with Crippen molar-refractivity contribution in [3.63, 3.8) is 0 Å². The molecule has 12 nitrogen and oxygen atoms in total. The lowest BCUT2D eigenvalue weighted by Crippen LogP contribution is -2.34. The summed E-state index contributed by atoms with van der Waals surface area (Å²) in [5.74, 6) is 0.786. The molecule has 0 saturated carbocycles. The molecule has 0 bridgehead atoms. The maximum absolute atomic E-state index is 9.28. The Labute approximate surface area is 290 Å². The van der Waals surface area contributed by atoms with Crippen molar-refractivity contribution in [3.8, 4) is 0 Å². The summed E-state index contributed by atoms with van der Waals surface area (Å²) in [7, 11) is 0. The molecular weight excluding hydrogens is 620 g/mol. The molecule has 0 radical (unpaired) electrons. The Morgan fingerprint density at radius 1 is 0.510 bits per heavy atom. The van der Waals surface area contributed by atoms with Crippen LogP contribution in [-0.4, -0.2) is 73.0 Å². The van der Waals surface area contributed by atoms with Crippen molar-refractivity contribution in [1.29, 1.82) is 0 Å². The van der Waals surface area contributed by atoms with E-state index in [0.717, 1.165) is 66.6 Å². The largest absolute Gasteiger partial charge is 0.395 e. The normalized spacial score (nSPS) is 11.1. The van der Waals surface area contributed by atoms with Gasteiger partial charge in [-0.3, -0.25) is 0 Å². The van der Waals surface area contributed by atoms with Gasteiger partial charge in [0.2, 0.25) is 0 Å². The number of benzene rings is 2. The van der Waals surface area contributed by atoms with Gasteiger partial charge in [-0.15, -0.1) is 5.11 Å². The summed E-state index contributed by atoms with van der Waals surface area (Å²) < 4.78 is 4.24. The number of nitrogens with zero attached hydrogens (tertiary/aromatic N) is 8. The number of hydrogen-bond acceptors (Lipinski definition) is 10. The molecular formula is C37H52N8O4+2. The van der Waals surface area contributed by atoms with Crippen LogP contribution < -0.4 is 18.9 Å². The summed E-state index contributed by atoms with van der Waals surface area (Å²) in [5, 5.41) is 54.8. The third-order valence-corrected chi connectivity index (χ3v) is 7.53. The van der Waals surface area contributed by atoms with Crippen molar-refractivity contribution in [2.24, 2.45) is 20.5 Å². The van der Waals surface area contributed by atoms with Gasteiger partial charge in [-0.25, -0.2) is 9.13 Å². The third-order valence-electron chi connectivity index (χ3n) is 7.53. The topological polar surface area (TPSA) is 145 Å². The number of azo groups is 2. The number of aliphatic hydroxyl groups is 4. The molecule has 0 amide bonds. The first-order valence-electron chi connectivity index (χ1n) is 17.1. The second kappa shape index (κ2) is 22.9. The van der Waals surface area contributed by atoms with Gasteiger partial charge in [-0.2, -0.15) is 5.11 Å². The zero-order chi connectivity index (χ0) is 35.1. The van der Waals surface area contributed by atoms with Crippen molar-refractivity contribution >= 4 is 34.3 Å². The first-order chi connectivity index (χ1) is 24.1. The first kappa shape index (κ1) is 38.8.